The fraction of sp³-hybridized carbons (Fsp3) is 0.875. The summed E-state index contributed by atoms with van der Waals surface area (Å²) in [5.41, 5.74) is 0. The van der Waals surface area contributed by atoms with Gasteiger partial charge in [-0.1, -0.05) is 26.2 Å². The van der Waals surface area contributed by atoms with Crippen LogP contribution in [0.1, 0.15) is 39.0 Å². The van der Waals surface area contributed by atoms with E-state index >= 15 is 0 Å². The van der Waals surface area contributed by atoms with Gasteiger partial charge >= 0.3 is 12.0 Å². The second-order valence-corrected chi connectivity index (χ2v) is 7.15. The van der Waals surface area contributed by atoms with Gasteiger partial charge in [0.25, 0.3) is 0 Å². The van der Waals surface area contributed by atoms with E-state index in [1.807, 2.05) is 11.8 Å². The number of nitrogens with zero attached hydrogens (tertiary/aromatic N) is 2. The smallest absolute Gasteiger partial charge is 0.320 e. The number of urea groups is 1. The van der Waals surface area contributed by atoms with Gasteiger partial charge in [0, 0.05) is 26.2 Å². The van der Waals surface area contributed by atoms with Crippen LogP contribution < -0.4 is 0 Å². The van der Waals surface area contributed by atoms with E-state index in [0.717, 1.165) is 25.4 Å². The van der Waals surface area contributed by atoms with Gasteiger partial charge in [-0.15, -0.1) is 0 Å². The average Bonchev–Trinajstić information content (AvgIpc) is 2.88. The molecule has 1 saturated carbocycles. The van der Waals surface area contributed by atoms with Crippen molar-refractivity contribution >= 4 is 12.0 Å². The van der Waals surface area contributed by atoms with Gasteiger partial charge in [0.15, 0.2) is 0 Å². The third kappa shape index (κ3) is 2.87. The summed E-state index contributed by atoms with van der Waals surface area (Å²) in [5.74, 6) is 0.363. The quantitative estimate of drug-likeness (QED) is 0.807. The number of aliphatic carboxylic acids is 1. The van der Waals surface area contributed by atoms with Crippen molar-refractivity contribution < 1.29 is 14.7 Å². The summed E-state index contributed by atoms with van der Waals surface area (Å²) in [6.45, 7) is 4.62. The first kappa shape index (κ1) is 14.7. The third-order valence-corrected chi connectivity index (χ3v) is 5.76. The van der Waals surface area contributed by atoms with Crippen LogP contribution in [0, 0.1) is 23.7 Å². The highest BCUT2D eigenvalue weighted by Gasteiger charge is 2.40. The summed E-state index contributed by atoms with van der Waals surface area (Å²) in [6, 6.07) is 0.0645. The predicted octanol–water partition coefficient (Wildman–Crippen LogP) is 2.27. The summed E-state index contributed by atoms with van der Waals surface area (Å²) < 4.78 is 0. The van der Waals surface area contributed by atoms with Gasteiger partial charge in [-0.2, -0.15) is 0 Å². The number of amides is 2. The third-order valence-electron chi connectivity index (χ3n) is 5.76. The number of rotatable bonds is 1. The number of carbonyl (C=O) groups excluding carboxylic acids is 1. The highest BCUT2D eigenvalue weighted by Crippen LogP contribution is 2.36. The van der Waals surface area contributed by atoms with E-state index in [0.29, 0.717) is 19.0 Å². The van der Waals surface area contributed by atoms with E-state index in [2.05, 4.69) is 0 Å². The van der Waals surface area contributed by atoms with E-state index in [-0.39, 0.29) is 11.9 Å². The van der Waals surface area contributed by atoms with Crippen molar-refractivity contribution in [3.05, 3.63) is 0 Å². The van der Waals surface area contributed by atoms with Crippen molar-refractivity contribution in [2.45, 2.75) is 39.0 Å². The number of hydrogen-bond donors (Lipinski definition) is 1. The van der Waals surface area contributed by atoms with Crippen molar-refractivity contribution in [1.29, 1.82) is 0 Å². The Labute approximate surface area is 126 Å². The average molecular weight is 294 g/mol. The normalized spacial score (nSPS) is 36.4. The number of hydrogen-bond acceptors (Lipinski definition) is 2. The van der Waals surface area contributed by atoms with Crippen LogP contribution in [0.5, 0.6) is 0 Å². The van der Waals surface area contributed by atoms with Crippen molar-refractivity contribution in [2.24, 2.45) is 23.7 Å². The minimum absolute atomic E-state index is 0.0543. The van der Waals surface area contributed by atoms with Crippen LogP contribution in [-0.4, -0.2) is 53.1 Å². The molecular formula is C16H26N2O3. The summed E-state index contributed by atoms with van der Waals surface area (Å²) >= 11 is 0. The molecule has 1 N–H and O–H groups in total. The van der Waals surface area contributed by atoms with Gasteiger partial charge in [-0.05, 0) is 30.6 Å². The maximum absolute atomic E-state index is 12.6. The first-order chi connectivity index (χ1) is 10.1. The Morgan fingerprint density at radius 3 is 2.33 bits per heavy atom. The molecular weight excluding hydrogens is 268 g/mol. The molecule has 4 unspecified atom stereocenters. The Morgan fingerprint density at radius 2 is 1.67 bits per heavy atom. The number of carboxylic acid groups (broad SMARTS) is 1. The van der Waals surface area contributed by atoms with Crippen LogP contribution >= 0.6 is 0 Å². The molecule has 0 aromatic rings. The molecule has 118 valence electrons. The molecule has 2 amide bonds. The summed E-state index contributed by atoms with van der Waals surface area (Å²) in [6.07, 6.45) is 6.35. The number of carboxylic acids is 1. The lowest BCUT2D eigenvalue weighted by molar-refractivity contribution is -0.142. The second kappa shape index (κ2) is 5.85. The Hall–Kier alpha value is -1.26. The molecule has 1 aliphatic carbocycles. The molecule has 2 heterocycles. The van der Waals surface area contributed by atoms with E-state index in [4.69, 9.17) is 0 Å². The van der Waals surface area contributed by atoms with E-state index in [9.17, 15) is 14.7 Å². The van der Waals surface area contributed by atoms with Gasteiger partial charge in [-0.3, -0.25) is 4.79 Å². The Bertz CT molecular complexity index is 426. The van der Waals surface area contributed by atoms with E-state index in [1.54, 1.807) is 4.90 Å². The SMILES string of the molecule is CC1CN(C(=O)N2CCC3CCCCC3C2)CC1C(=O)O. The summed E-state index contributed by atoms with van der Waals surface area (Å²) in [4.78, 5) is 27.6. The van der Waals surface area contributed by atoms with Crippen LogP contribution in [0.3, 0.4) is 0 Å². The molecule has 3 rings (SSSR count). The van der Waals surface area contributed by atoms with Crippen molar-refractivity contribution in [3.8, 4) is 0 Å². The van der Waals surface area contributed by atoms with Gasteiger partial charge < -0.3 is 14.9 Å². The first-order valence-electron chi connectivity index (χ1n) is 8.33. The summed E-state index contributed by atoms with van der Waals surface area (Å²) in [7, 11) is 0. The zero-order chi connectivity index (χ0) is 15.0. The molecule has 0 spiro atoms. The topological polar surface area (TPSA) is 60.9 Å². The molecule has 21 heavy (non-hydrogen) atoms. The fourth-order valence-corrected chi connectivity index (χ4v) is 4.42. The molecule has 2 aliphatic heterocycles. The molecule has 0 aromatic heterocycles. The molecule has 3 fully saturated rings. The molecule has 2 saturated heterocycles. The Morgan fingerprint density at radius 1 is 0.952 bits per heavy atom. The molecule has 5 nitrogen and oxygen atoms in total. The van der Waals surface area contributed by atoms with Crippen LogP contribution in [0.25, 0.3) is 0 Å². The lowest BCUT2D eigenvalue weighted by Crippen LogP contribution is -2.49. The van der Waals surface area contributed by atoms with Gasteiger partial charge in [0.2, 0.25) is 0 Å². The fourth-order valence-electron chi connectivity index (χ4n) is 4.42. The molecule has 5 heteroatoms. The zero-order valence-electron chi connectivity index (χ0n) is 12.8. The zero-order valence-corrected chi connectivity index (χ0v) is 12.8. The van der Waals surface area contributed by atoms with Gasteiger partial charge in [0.1, 0.15) is 0 Å². The number of carbonyl (C=O) groups is 2. The van der Waals surface area contributed by atoms with Crippen molar-refractivity contribution in [3.63, 3.8) is 0 Å². The minimum Gasteiger partial charge on any atom is -0.481 e. The van der Waals surface area contributed by atoms with Gasteiger partial charge in [0.05, 0.1) is 5.92 Å². The predicted molar refractivity (Wildman–Crippen MR) is 78.9 cm³/mol. The molecule has 4 atom stereocenters. The van der Waals surface area contributed by atoms with Crippen LogP contribution in [0.15, 0.2) is 0 Å². The largest absolute Gasteiger partial charge is 0.481 e. The highest BCUT2D eigenvalue weighted by molar-refractivity contribution is 5.78. The lowest BCUT2D eigenvalue weighted by atomic mass is 9.75. The maximum atomic E-state index is 12.6. The molecule has 0 aromatic carbocycles. The van der Waals surface area contributed by atoms with Gasteiger partial charge in [-0.25, -0.2) is 4.79 Å². The number of piperidine rings is 1. The van der Waals surface area contributed by atoms with E-state index < -0.39 is 11.9 Å². The Kier molecular flexibility index (Phi) is 4.09. The highest BCUT2D eigenvalue weighted by atomic mass is 16.4. The second-order valence-electron chi connectivity index (χ2n) is 7.15. The Balaban J connectivity index is 1.60. The minimum atomic E-state index is -0.774. The standard InChI is InChI=1S/C16H26N2O3/c1-11-8-18(10-14(11)15(19)20)16(21)17-7-6-12-4-2-3-5-13(12)9-17/h11-14H,2-10H2,1H3,(H,19,20). The number of likely N-dealkylation sites (tertiary alicyclic amines) is 2. The van der Waals surface area contributed by atoms with Crippen molar-refractivity contribution in [2.75, 3.05) is 26.2 Å². The molecule has 0 bridgehead atoms. The molecule has 3 aliphatic rings. The lowest BCUT2D eigenvalue weighted by Gasteiger charge is -2.42. The van der Waals surface area contributed by atoms with E-state index in [1.165, 1.54) is 25.7 Å². The molecule has 0 radical (unpaired) electrons. The maximum Gasteiger partial charge on any atom is 0.320 e. The van der Waals surface area contributed by atoms with Crippen LogP contribution in [0.2, 0.25) is 0 Å². The monoisotopic (exact) mass is 294 g/mol. The van der Waals surface area contributed by atoms with Crippen molar-refractivity contribution in [1.82, 2.24) is 9.80 Å². The first-order valence-corrected chi connectivity index (χ1v) is 8.33. The summed E-state index contributed by atoms with van der Waals surface area (Å²) in [5, 5.41) is 9.20. The number of fused-ring (bicyclic) bond motifs is 1. The van der Waals surface area contributed by atoms with Crippen LogP contribution in [-0.2, 0) is 4.79 Å². The van der Waals surface area contributed by atoms with Crippen LogP contribution in [0.4, 0.5) is 4.79 Å².